The minimum Gasteiger partial charge on any atom is -0.497 e. The van der Waals surface area contributed by atoms with Crippen molar-refractivity contribution in [3.05, 3.63) is 53.7 Å². The topological polar surface area (TPSA) is 73.6 Å². The van der Waals surface area contributed by atoms with Crippen LogP contribution in [0.1, 0.15) is 11.3 Å². The van der Waals surface area contributed by atoms with Crippen LogP contribution in [0.4, 0.5) is 0 Å². The molecule has 1 aromatic heterocycles. The van der Waals surface area contributed by atoms with Gasteiger partial charge in [-0.2, -0.15) is 0 Å². The Balaban J connectivity index is 1.56. The van der Waals surface area contributed by atoms with Crippen LogP contribution in [-0.4, -0.2) is 31.8 Å². The van der Waals surface area contributed by atoms with Crippen molar-refractivity contribution in [1.29, 1.82) is 0 Å². The summed E-state index contributed by atoms with van der Waals surface area (Å²) in [5, 5.41) is 7.75. The van der Waals surface area contributed by atoms with E-state index in [1.165, 1.54) is 0 Å². The molecule has 1 N–H and O–H groups in total. The van der Waals surface area contributed by atoms with E-state index in [1.807, 2.05) is 42.5 Å². The van der Waals surface area contributed by atoms with Gasteiger partial charge in [-0.25, -0.2) is 0 Å². The average molecular weight is 340 g/mol. The third-order valence-electron chi connectivity index (χ3n) is 3.99. The molecule has 0 unspecified atom stereocenters. The number of ether oxygens (including phenoxy) is 2. The van der Waals surface area contributed by atoms with Gasteiger partial charge in [0.15, 0.2) is 5.58 Å². The molecule has 3 aromatic rings. The molecular formula is C19H20N2O4. The maximum atomic E-state index is 12.2. The molecule has 0 atom stereocenters. The molecular weight excluding hydrogens is 320 g/mol. The summed E-state index contributed by atoms with van der Waals surface area (Å²) in [6.07, 6.45) is 0.856. The van der Waals surface area contributed by atoms with Gasteiger partial charge in [0.2, 0.25) is 5.91 Å². The number of rotatable bonds is 7. The van der Waals surface area contributed by atoms with E-state index in [9.17, 15) is 4.79 Å². The Morgan fingerprint density at radius 1 is 1.16 bits per heavy atom. The first-order valence-electron chi connectivity index (χ1n) is 8.02. The highest BCUT2D eigenvalue weighted by Gasteiger charge is 2.12. The van der Waals surface area contributed by atoms with Crippen molar-refractivity contribution in [1.82, 2.24) is 10.5 Å². The minimum atomic E-state index is -0.0912. The van der Waals surface area contributed by atoms with Gasteiger partial charge in [0, 0.05) is 18.0 Å². The molecule has 130 valence electrons. The van der Waals surface area contributed by atoms with Gasteiger partial charge in [-0.3, -0.25) is 4.79 Å². The van der Waals surface area contributed by atoms with Crippen molar-refractivity contribution in [3.8, 4) is 11.5 Å². The van der Waals surface area contributed by atoms with E-state index in [0.717, 1.165) is 22.4 Å². The van der Waals surface area contributed by atoms with Crippen molar-refractivity contribution in [2.45, 2.75) is 12.8 Å². The van der Waals surface area contributed by atoms with Crippen molar-refractivity contribution in [3.63, 3.8) is 0 Å². The number of para-hydroxylation sites is 1. The van der Waals surface area contributed by atoms with Crippen molar-refractivity contribution in [2.75, 3.05) is 20.8 Å². The number of hydrogen-bond donors (Lipinski definition) is 1. The van der Waals surface area contributed by atoms with E-state index < -0.39 is 0 Å². The Hall–Kier alpha value is -3.02. The van der Waals surface area contributed by atoms with Gasteiger partial charge in [-0.1, -0.05) is 23.4 Å². The summed E-state index contributed by atoms with van der Waals surface area (Å²) in [4.78, 5) is 12.2. The van der Waals surface area contributed by atoms with Gasteiger partial charge >= 0.3 is 0 Å². The maximum absolute atomic E-state index is 12.2. The molecule has 0 aliphatic rings. The Kier molecular flexibility index (Phi) is 5.18. The number of carbonyl (C=O) groups is 1. The first-order chi connectivity index (χ1) is 12.2. The summed E-state index contributed by atoms with van der Waals surface area (Å²) in [5.41, 5.74) is 2.35. The first-order valence-corrected chi connectivity index (χ1v) is 8.02. The lowest BCUT2D eigenvalue weighted by atomic mass is 10.1. The smallest absolute Gasteiger partial charge is 0.226 e. The van der Waals surface area contributed by atoms with Crippen molar-refractivity contribution < 1.29 is 18.8 Å². The minimum absolute atomic E-state index is 0.0912. The third kappa shape index (κ3) is 3.91. The molecule has 3 rings (SSSR count). The Morgan fingerprint density at radius 3 is 2.80 bits per heavy atom. The Labute approximate surface area is 145 Å². The van der Waals surface area contributed by atoms with Crippen LogP contribution in [-0.2, 0) is 17.6 Å². The summed E-state index contributed by atoms with van der Waals surface area (Å²) in [6, 6.07) is 13.2. The molecule has 0 fully saturated rings. The molecule has 1 amide bonds. The van der Waals surface area contributed by atoms with Crippen molar-refractivity contribution in [2.24, 2.45) is 0 Å². The molecule has 0 bridgehead atoms. The zero-order valence-electron chi connectivity index (χ0n) is 14.2. The van der Waals surface area contributed by atoms with E-state index in [2.05, 4.69) is 10.5 Å². The van der Waals surface area contributed by atoms with Gasteiger partial charge in [0.1, 0.15) is 17.2 Å². The van der Waals surface area contributed by atoms with Crippen LogP contribution < -0.4 is 14.8 Å². The number of methoxy groups -OCH3 is 2. The Bertz CT molecular complexity index is 873. The van der Waals surface area contributed by atoms with Crippen LogP contribution in [0.3, 0.4) is 0 Å². The predicted octanol–water partition coefficient (Wildman–Crippen LogP) is 2.75. The number of benzene rings is 2. The lowest BCUT2D eigenvalue weighted by molar-refractivity contribution is -0.120. The van der Waals surface area contributed by atoms with Gasteiger partial charge in [0.05, 0.1) is 20.6 Å². The number of nitrogens with zero attached hydrogens (tertiary/aromatic N) is 1. The predicted molar refractivity (Wildman–Crippen MR) is 94.0 cm³/mol. The number of fused-ring (bicyclic) bond motifs is 1. The zero-order valence-corrected chi connectivity index (χ0v) is 14.2. The molecule has 0 aliphatic heterocycles. The monoisotopic (exact) mass is 340 g/mol. The quantitative estimate of drug-likeness (QED) is 0.716. The largest absolute Gasteiger partial charge is 0.497 e. The van der Waals surface area contributed by atoms with E-state index in [-0.39, 0.29) is 12.3 Å². The summed E-state index contributed by atoms with van der Waals surface area (Å²) in [5.74, 6) is 1.39. The molecule has 0 aliphatic carbocycles. The maximum Gasteiger partial charge on any atom is 0.226 e. The third-order valence-corrected chi connectivity index (χ3v) is 3.99. The van der Waals surface area contributed by atoms with Crippen LogP contribution in [0.25, 0.3) is 11.0 Å². The van der Waals surface area contributed by atoms with Gasteiger partial charge < -0.3 is 19.3 Å². The lowest BCUT2D eigenvalue weighted by Gasteiger charge is -2.11. The molecule has 1 heterocycles. The van der Waals surface area contributed by atoms with Crippen LogP contribution in [0.5, 0.6) is 11.5 Å². The average Bonchev–Trinajstić information content (AvgIpc) is 3.05. The SMILES string of the molecule is COc1ccc(CCNC(=O)Cc2noc3ccccc23)c(OC)c1. The fourth-order valence-corrected chi connectivity index (χ4v) is 2.68. The molecule has 0 saturated carbocycles. The number of carbonyl (C=O) groups excluding carboxylic acids is 1. The normalized spacial score (nSPS) is 10.6. The highest BCUT2D eigenvalue weighted by molar-refractivity contribution is 5.86. The first kappa shape index (κ1) is 16.8. The second kappa shape index (κ2) is 7.70. The summed E-state index contributed by atoms with van der Waals surface area (Å²) in [7, 11) is 3.23. The highest BCUT2D eigenvalue weighted by atomic mass is 16.5. The molecule has 0 radical (unpaired) electrons. The van der Waals surface area contributed by atoms with Crippen LogP contribution in [0.2, 0.25) is 0 Å². The van der Waals surface area contributed by atoms with E-state index in [4.69, 9.17) is 14.0 Å². The van der Waals surface area contributed by atoms with E-state index in [0.29, 0.717) is 24.2 Å². The van der Waals surface area contributed by atoms with E-state index in [1.54, 1.807) is 14.2 Å². The highest BCUT2D eigenvalue weighted by Crippen LogP contribution is 2.24. The second-order valence-corrected chi connectivity index (χ2v) is 5.58. The lowest BCUT2D eigenvalue weighted by Crippen LogP contribution is -2.27. The zero-order chi connectivity index (χ0) is 17.6. The fraction of sp³-hybridized carbons (Fsp3) is 0.263. The molecule has 6 heteroatoms. The number of amides is 1. The summed E-state index contributed by atoms with van der Waals surface area (Å²) >= 11 is 0. The Morgan fingerprint density at radius 2 is 2.00 bits per heavy atom. The summed E-state index contributed by atoms with van der Waals surface area (Å²) in [6.45, 7) is 0.511. The van der Waals surface area contributed by atoms with E-state index >= 15 is 0 Å². The van der Waals surface area contributed by atoms with Crippen LogP contribution >= 0.6 is 0 Å². The van der Waals surface area contributed by atoms with Gasteiger partial charge in [-0.15, -0.1) is 0 Å². The summed E-state index contributed by atoms with van der Waals surface area (Å²) < 4.78 is 15.8. The second-order valence-electron chi connectivity index (χ2n) is 5.58. The van der Waals surface area contributed by atoms with Gasteiger partial charge in [-0.05, 0) is 30.2 Å². The van der Waals surface area contributed by atoms with Crippen LogP contribution in [0, 0.1) is 0 Å². The molecule has 0 spiro atoms. The molecule has 6 nitrogen and oxygen atoms in total. The van der Waals surface area contributed by atoms with Gasteiger partial charge in [0.25, 0.3) is 0 Å². The number of hydrogen-bond acceptors (Lipinski definition) is 5. The molecule has 0 saturated heterocycles. The molecule has 2 aromatic carbocycles. The standard InChI is InChI=1S/C19H20N2O4/c1-23-14-8-7-13(18(11-14)24-2)9-10-20-19(22)12-16-15-5-3-4-6-17(15)25-21-16/h3-8,11H,9-10,12H2,1-2H3,(H,20,22). The number of aromatic nitrogens is 1. The van der Waals surface area contributed by atoms with Crippen LogP contribution in [0.15, 0.2) is 47.0 Å². The number of nitrogens with one attached hydrogen (secondary N) is 1. The van der Waals surface area contributed by atoms with Crippen molar-refractivity contribution >= 4 is 16.9 Å². The fourth-order valence-electron chi connectivity index (χ4n) is 2.68. The molecule has 25 heavy (non-hydrogen) atoms.